The van der Waals surface area contributed by atoms with E-state index in [1.54, 1.807) is 12.4 Å². The zero-order valence-electron chi connectivity index (χ0n) is 10.4. The number of primary amides is 1. The first-order valence-corrected chi connectivity index (χ1v) is 6.37. The van der Waals surface area contributed by atoms with Crippen LogP contribution in [0.4, 0.5) is 5.82 Å². The molecule has 0 spiro atoms. The van der Waals surface area contributed by atoms with E-state index < -0.39 is 0 Å². The molecule has 0 aliphatic heterocycles. The quantitative estimate of drug-likeness (QED) is 0.858. The number of nitrogens with one attached hydrogen (secondary N) is 1. The number of hydrogen-bond acceptors (Lipinski definition) is 5. The third kappa shape index (κ3) is 2.33. The Bertz CT molecular complexity index is 615. The first-order valence-electron chi connectivity index (χ1n) is 6.37. The van der Waals surface area contributed by atoms with Gasteiger partial charge in [-0.2, -0.15) is 0 Å². The Balaban J connectivity index is 1.83. The minimum Gasteiger partial charge on any atom is -0.369 e. The van der Waals surface area contributed by atoms with Gasteiger partial charge in [-0.1, -0.05) is 6.42 Å². The predicted octanol–water partition coefficient (Wildman–Crippen LogP) is 1.09. The minimum atomic E-state index is -0.240. The number of rotatable bonds is 3. The molecular formula is C13H15N5O. The van der Waals surface area contributed by atoms with Gasteiger partial charge in [-0.05, 0) is 25.0 Å². The largest absolute Gasteiger partial charge is 0.369 e. The van der Waals surface area contributed by atoms with Crippen molar-refractivity contribution in [1.29, 1.82) is 0 Å². The zero-order chi connectivity index (χ0) is 13.2. The van der Waals surface area contributed by atoms with Gasteiger partial charge in [0.2, 0.25) is 5.91 Å². The van der Waals surface area contributed by atoms with E-state index in [0.717, 1.165) is 24.8 Å². The molecule has 0 bridgehead atoms. The second kappa shape index (κ2) is 4.79. The lowest BCUT2D eigenvalue weighted by molar-refractivity contribution is -0.121. The highest BCUT2D eigenvalue weighted by Crippen LogP contribution is 2.28. The SMILES string of the molecule is NC(=O)[C@H]1CCC[C@@H]1Nc1ccc2nccnc2n1. The van der Waals surface area contributed by atoms with Crippen molar-refractivity contribution in [3.05, 3.63) is 24.5 Å². The first kappa shape index (κ1) is 11.8. The number of nitrogens with two attached hydrogens (primary N) is 1. The molecule has 2 atom stereocenters. The molecular weight excluding hydrogens is 242 g/mol. The van der Waals surface area contributed by atoms with Gasteiger partial charge in [-0.25, -0.2) is 9.97 Å². The molecule has 19 heavy (non-hydrogen) atoms. The van der Waals surface area contributed by atoms with Crippen molar-refractivity contribution in [3.8, 4) is 0 Å². The summed E-state index contributed by atoms with van der Waals surface area (Å²) in [5, 5.41) is 3.28. The van der Waals surface area contributed by atoms with Crippen molar-refractivity contribution >= 4 is 22.9 Å². The summed E-state index contributed by atoms with van der Waals surface area (Å²) in [5.74, 6) is 0.362. The van der Waals surface area contributed by atoms with E-state index in [2.05, 4.69) is 20.3 Å². The molecule has 3 N–H and O–H groups in total. The maximum Gasteiger partial charge on any atom is 0.222 e. The van der Waals surface area contributed by atoms with Crippen molar-refractivity contribution in [2.24, 2.45) is 11.7 Å². The summed E-state index contributed by atoms with van der Waals surface area (Å²) >= 11 is 0. The van der Waals surface area contributed by atoms with E-state index >= 15 is 0 Å². The van der Waals surface area contributed by atoms with E-state index in [9.17, 15) is 4.79 Å². The smallest absolute Gasteiger partial charge is 0.222 e. The second-order valence-electron chi connectivity index (χ2n) is 4.79. The lowest BCUT2D eigenvalue weighted by atomic mass is 10.0. The van der Waals surface area contributed by atoms with Crippen LogP contribution in [0.15, 0.2) is 24.5 Å². The monoisotopic (exact) mass is 257 g/mol. The molecule has 6 heteroatoms. The van der Waals surface area contributed by atoms with Crippen LogP contribution in [0.2, 0.25) is 0 Å². The first-order chi connectivity index (χ1) is 9.24. The number of anilines is 1. The van der Waals surface area contributed by atoms with E-state index in [4.69, 9.17) is 5.73 Å². The topological polar surface area (TPSA) is 93.8 Å². The molecule has 2 aromatic heterocycles. The van der Waals surface area contributed by atoms with Crippen molar-refractivity contribution in [2.45, 2.75) is 25.3 Å². The lowest BCUT2D eigenvalue weighted by Crippen LogP contribution is -2.34. The summed E-state index contributed by atoms with van der Waals surface area (Å²) in [6.45, 7) is 0. The number of aromatic nitrogens is 3. The van der Waals surface area contributed by atoms with Gasteiger partial charge in [0, 0.05) is 18.4 Å². The van der Waals surface area contributed by atoms with Gasteiger partial charge in [-0.15, -0.1) is 0 Å². The lowest BCUT2D eigenvalue weighted by Gasteiger charge is -2.18. The molecule has 1 aliphatic carbocycles. The highest BCUT2D eigenvalue weighted by atomic mass is 16.1. The standard InChI is InChI=1S/C13H15N5O/c14-12(19)8-2-1-3-9(8)17-11-5-4-10-13(18-11)16-7-6-15-10/h4-9H,1-3H2,(H2,14,19)(H,16,17,18)/t8-,9-/m0/s1. The van der Waals surface area contributed by atoms with E-state index in [1.165, 1.54) is 0 Å². The third-order valence-corrected chi connectivity index (χ3v) is 3.55. The van der Waals surface area contributed by atoms with Gasteiger partial charge in [0.15, 0.2) is 5.65 Å². The Morgan fingerprint density at radius 3 is 2.95 bits per heavy atom. The van der Waals surface area contributed by atoms with Gasteiger partial charge in [0.05, 0.1) is 5.92 Å². The van der Waals surface area contributed by atoms with Crippen LogP contribution in [0.25, 0.3) is 11.2 Å². The van der Waals surface area contributed by atoms with E-state index in [0.29, 0.717) is 11.5 Å². The molecule has 0 saturated heterocycles. The van der Waals surface area contributed by atoms with Crippen LogP contribution in [0.5, 0.6) is 0 Å². The van der Waals surface area contributed by atoms with Crippen molar-refractivity contribution in [2.75, 3.05) is 5.32 Å². The molecule has 2 aromatic rings. The van der Waals surface area contributed by atoms with Gasteiger partial charge < -0.3 is 11.1 Å². The number of pyridine rings is 1. The fraction of sp³-hybridized carbons (Fsp3) is 0.385. The van der Waals surface area contributed by atoms with Crippen molar-refractivity contribution < 1.29 is 4.79 Å². The van der Waals surface area contributed by atoms with Crippen LogP contribution >= 0.6 is 0 Å². The molecule has 1 aliphatic rings. The van der Waals surface area contributed by atoms with Crippen LogP contribution in [-0.4, -0.2) is 26.9 Å². The Hall–Kier alpha value is -2.24. The normalized spacial score (nSPS) is 22.5. The average Bonchev–Trinajstić information content (AvgIpc) is 2.87. The van der Waals surface area contributed by atoms with Crippen LogP contribution in [0.1, 0.15) is 19.3 Å². The van der Waals surface area contributed by atoms with Crippen LogP contribution in [-0.2, 0) is 4.79 Å². The highest BCUT2D eigenvalue weighted by molar-refractivity contribution is 5.78. The molecule has 0 unspecified atom stereocenters. The fourth-order valence-electron chi connectivity index (χ4n) is 2.60. The molecule has 6 nitrogen and oxygen atoms in total. The second-order valence-corrected chi connectivity index (χ2v) is 4.79. The summed E-state index contributed by atoms with van der Waals surface area (Å²) in [5.41, 5.74) is 6.76. The van der Waals surface area contributed by atoms with Gasteiger partial charge in [0.25, 0.3) is 0 Å². The number of carbonyl (C=O) groups excluding carboxylic acids is 1. The predicted molar refractivity (Wildman–Crippen MR) is 71.3 cm³/mol. The van der Waals surface area contributed by atoms with E-state index in [-0.39, 0.29) is 17.9 Å². The van der Waals surface area contributed by atoms with Crippen molar-refractivity contribution in [3.63, 3.8) is 0 Å². The molecule has 1 amide bonds. The Labute approximate surface area is 110 Å². The van der Waals surface area contributed by atoms with Gasteiger partial charge in [0.1, 0.15) is 11.3 Å². The number of hydrogen-bond donors (Lipinski definition) is 2. The van der Waals surface area contributed by atoms with E-state index in [1.807, 2.05) is 12.1 Å². The number of nitrogens with zero attached hydrogens (tertiary/aromatic N) is 3. The van der Waals surface area contributed by atoms with Crippen LogP contribution in [0.3, 0.4) is 0 Å². The molecule has 1 saturated carbocycles. The van der Waals surface area contributed by atoms with Crippen LogP contribution < -0.4 is 11.1 Å². The molecule has 98 valence electrons. The maximum atomic E-state index is 11.4. The van der Waals surface area contributed by atoms with Gasteiger partial charge >= 0.3 is 0 Å². The minimum absolute atomic E-state index is 0.0686. The number of fused-ring (bicyclic) bond motifs is 1. The molecule has 0 aromatic carbocycles. The molecule has 0 radical (unpaired) electrons. The summed E-state index contributed by atoms with van der Waals surface area (Å²) in [6.07, 6.45) is 6.05. The third-order valence-electron chi connectivity index (χ3n) is 3.55. The Kier molecular flexibility index (Phi) is 2.98. The molecule has 2 heterocycles. The summed E-state index contributed by atoms with van der Waals surface area (Å²) in [4.78, 5) is 24.1. The highest BCUT2D eigenvalue weighted by Gasteiger charge is 2.31. The number of carbonyl (C=O) groups is 1. The zero-order valence-corrected chi connectivity index (χ0v) is 10.4. The Morgan fingerprint density at radius 1 is 1.26 bits per heavy atom. The van der Waals surface area contributed by atoms with Gasteiger partial charge in [-0.3, -0.25) is 9.78 Å². The number of amides is 1. The Morgan fingerprint density at radius 2 is 2.11 bits per heavy atom. The van der Waals surface area contributed by atoms with Crippen molar-refractivity contribution in [1.82, 2.24) is 15.0 Å². The average molecular weight is 257 g/mol. The molecule has 1 fully saturated rings. The molecule has 3 rings (SSSR count). The maximum absolute atomic E-state index is 11.4. The summed E-state index contributed by atoms with van der Waals surface area (Å²) in [7, 11) is 0. The fourth-order valence-corrected chi connectivity index (χ4v) is 2.60. The summed E-state index contributed by atoms with van der Waals surface area (Å²) in [6, 6.07) is 3.79. The summed E-state index contributed by atoms with van der Waals surface area (Å²) < 4.78 is 0. The van der Waals surface area contributed by atoms with Crippen LogP contribution in [0, 0.1) is 5.92 Å².